The zero-order valence-corrected chi connectivity index (χ0v) is 22.3. The number of hydrogen-bond acceptors (Lipinski definition) is 5. The standard InChI is InChI=1S/C25H29F6N3O3S/c1-13-11-15(23(37,24(26,27)28)25(29,30)31)8-9-16(13)18-17(21(36)34-10-6-7-14(34)2)33-20(38-18)19(35)32-12-22(3,4)5/h8-9,11,14,37H,6-7,10,12H2,1-5H3,(H,32,35)/t14-/m0/s1. The molecule has 1 fully saturated rings. The Morgan fingerprint density at radius 2 is 1.74 bits per heavy atom. The zero-order valence-electron chi connectivity index (χ0n) is 21.5. The minimum atomic E-state index is -6.03. The monoisotopic (exact) mass is 565 g/mol. The fourth-order valence-electron chi connectivity index (χ4n) is 4.17. The number of aliphatic hydroxyl groups is 1. The molecule has 1 aliphatic rings. The van der Waals surface area contributed by atoms with Crippen LogP contribution in [0.3, 0.4) is 0 Å². The fraction of sp³-hybridized carbons (Fsp3) is 0.560. The van der Waals surface area contributed by atoms with E-state index in [9.17, 15) is 41.0 Å². The Labute approximate surface area is 220 Å². The average molecular weight is 566 g/mol. The van der Waals surface area contributed by atoms with E-state index in [1.807, 2.05) is 27.7 Å². The van der Waals surface area contributed by atoms with E-state index in [0.29, 0.717) is 25.2 Å². The average Bonchev–Trinajstić information content (AvgIpc) is 3.41. The molecule has 0 unspecified atom stereocenters. The molecule has 0 saturated carbocycles. The summed E-state index contributed by atoms with van der Waals surface area (Å²) in [5, 5.41) is 12.4. The summed E-state index contributed by atoms with van der Waals surface area (Å²) in [4.78, 5) is 32.2. The van der Waals surface area contributed by atoms with Gasteiger partial charge in [0, 0.05) is 24.7 Å². The largest absolute Gasteiger partial charge is 0.430 e. The fourth-order valence-corrected chi connectivity index (χ4v) is 5.23. The number of benzene rings is 1. The van der Waals surface area contributed by atoms with Gasteiger partial charge in [0.15, 0.2) is 5.01 Å². The predicted octanol–water partition coefficient (Wildman–Crippen LogP) is 5.83. The maximum absolute atomic E-state index is 13.4. The number of nitrogens with zero attached hydrogens (tertiary/aromatic N) is 2. The van der Waals surface area contributed by atoms with Crippen LogP contribution in [0.5, 0.6) is 0 Å². The Morgan fingerprint density at radius 1 is 1.13 bits per heavy atom. The summed E-state index contributed by atoms with van der Waals surface area (Å²) in [5.74, 6) is -1.04. The van der Waals surface area contributed by atoms with Crippen LogP contribution >= 0.6 is 11.3 Å². The van der Waals surface area contributed by atoms with Gasteiger partial charge in [-0.3, -0.25) is 9.59 Å². The number of thiazole rings is 1. The molecule has 1 aliphatic heterocycles. The third kappa shape index (κ3) is 5.68. The number of aromatic nitrogens is 1. The van der Waals surface area contributed by atoms with Gasteiger partial charge in [0.2, 0.25) is 0 Å². The summed E-state index contributed by atoms with van der Waals surface area (Å²) >= 11 is 0.821. The van der Waals surface area contributed by atoms with Crippen LogP contribution in [0.4, 0.5) is 26.3 Å². The number of carbonyl (C=O) groups is 2. The summed E-state index contributed by atoms with van der Waals surface area (Å²) in [6.07, 6.45) is -10.6. The molecule has 2 aromatic rings. The maximum atomic E-state index is 13.4. The van der Waals surface area contributed by atoms with Crippen LogP contribution in [0.2, 0.25) is 0 Å². The molecule has 0 radical (unpaired) electrons. The van der Waals surface area contributed by atoms with E-state index in [4.69, 9.17) is 0 Å². The topological polar surface area (TPSA) is 82.5 Å². The molecule has 13 heteroatoms. The van der Waals surface area contributed by atoms with Crippen LogP contribution < -0.4 is 5.32 Å². The number of alkyl halides is 6. The normalized spacial score (nSPS) is 17.2. The Balaban J connectivity index is 2.12. The van der Waals surface area contributed by atoms with Gasteiger partial charge in [0.1, 0.15) is 5.69 Å². The molecule has 1 aromatic carbocycles. The van der Waals surface area contributed by atoms with Crippen LogP contribution in [0.15, 0.2) is 18.2 Å². The number of likely N-dealkylation sites (tertiary alicyclic amines) is 1. The van der Waals surface area contributed by atoms with Gasteiger partial charge in [0.05, 0.1) is 4.88 Å². The molecule has 1 atom stereocenters. The molecule has 0 aliphatic carbocycles. The number of carbonyl (C=O) groups excluding carboxylic acids is 2. The summed E-state index contributed by atoms with van der Waals surface area (Å²) < 4.78 is 80.4. The first-order valence-electron chi connectivity index (χ1n) is 11.8. The van der Waals surface area contributed by atoms with Gasteiger partial charge in [-0.05, 0) is 43.2 Å². The van der Waals surface area contributed by atoms with Crippen molar-refractivity contribution in [2.45, 2.75) is 71.5 Å². The number of hydrogen-bond donors (Lipinski definition) is 2. The van der Waals surface area contributed by atoms with Crippen LogP contribution in [0.1, 0.15) is 72.0 Å². The Bertz CT molecular complexity index is 1200. The maximum Gasteiger partial charge on any atom is 0.430 e. The van der Waals surface area contributed by atoms with Gasteiger partial charge in [0.25, 0.3) is 17.4 Å². The second-order valence-electron chi connectivity index (χ2n) is 10.7. The number of amides is 2. The van der Waals surface area contributed by atoms with Crippen molar-refractivity contribution in [3.8, 4) is 10.4 Å². The van der Waals surface area contributed by atoms with Crippen LogP contribution in [-0.4, -0.2) is 58.3 Å². The summed E-state index contributed by atoms with van der Waals surface area (Å²) in [7, 11) is 0. The molecule has 210 valence electrons. The van der Waals surface area contributed by atoms with Gasteiger partial charge < -0.3 is 15.3 Å². The minimum absolute atomic E-state index is 0.0648. The van der Waals surface area contributed by atoms with Crippen molar-refractivity contribution >= 4 is 23.2 Å². The molecule has 2 amide bonds. The van der Waals surface area contributed by atoms with Gasteiger partial charge in [-0.1, -0.05) is 39.0 Å². The van der Waals surface area contributed by atoms with Crippen molar-refractivity contribution in [2.24, 2.45) is 5.41 Å². The van der Waals surface area contributed by atoms with Gasteiger partial charge >= 0.3 is 12.4 Å². The van der Waals surface area contributed by atoms with E-state index in [2.05, 4.69) is 10.3 Å². The molecule has 6 nitrogen and oxygen atoms in total. The Hall–Kier alpha value is -2.67. The lowest BCUT2D eigenvalue weighted by Gasteiger charge is -2.33. The molecular formula is C25H29F6N3O3S. The smallest absolute Gasteiger partial charge is 0.369 e. The lowest BCUT2D eigenvalue weighted by Crippen LogP contribution is -2.53. The first-order chi connectivity index (χ1) is 17.3. The predicted molar refractivity (Wildman–Crippen MR) is 130 cm³/mol. The lowest BCUT2D eigenvalue weighted by atomic mass is 9.89. The van der Waals surface area contributed by atoms with Crippen LogP contribution in [0, 0.1) is 12.3 Å². The summed E-state index contributed by atoms with van der Waals surface area (Å²) in [5.41, 5.74) is -6.79. The SMILES string of the molecule is Cc1cc(C(O)(C(F)(F)F)C(F)(F)F)ccc1-c1sc(C(=O)NCC(C)(C)C)nc1C(=O)N1CCC[C@@H]1C. The number of halogens is 6. The molecule has 2 heterocycles. The highest BCUT2D eigenvalue weighted by Crippen LogP contribution is 2.50. The quantitative estimate of drug-likeness (QED) is 0.447. The van der Waals surface area contributed by atoms with Crippen molar-refractivity contribution in [2.75, 3.05) is 13.1 Å². The van der Waals surface area contributed by atoms with Gasteiger partial charge in [-0.15, -0.1) is 11.3 Å². The van der Waals surface area contributed by atoms with E-state index < -0.39 is 35.3 Å². The summed E-state index contributed by atoms with van der Waals surface area (Å²) in [6.45, 7) is 9.56. The highest BCUT2D eigenvalue weighted by atomic mass is 32.1. The highest BCUT2D eigenvalue weighted by molar-refractivity contribution is 7.17. The van der Waals surface area contributed by atoms with Gasteiger partial charge in [-0.2, -0.15) is 26.3 Å². The van der Waals surface area contributed by atoms with E-state index in [1.165, 1.54) is 6.92 Å². The molecule has 2 N–H and O–H groups in total. The Morgan fingerprint density at radius 3 is 2.21 bits per heavy atom. The van der Waals surface area contributed by atoms with E-state index in [1.54, 1.807) is 4.90 Å². The number of aryl methyl sites for hydroxylation is 1. The second-order valence-corrected chi connectivity index (χ2v) is 11.7. The van der Waals surface area contributed by atoms with Gasteiger partial charge in [-0.25, -0.2) is 4.98 Å². The number of rotatable bonds is 5. The minimum Gasteiger partial charge on any atom is -0.369 e. The molecule has 38 heavy (non-hydrogen) atoms. The van der Waals surface area contributed by atoms with Crippen molar-refractivity contribution in [1.29, 1.82) is 0 Å². The van der Waals surface area contributed by atoms with Crippen molar-refractivity contribution < 1.29 is 41.0 Å². The molecule has 0 spiro atoms. The van der Waals surface area contributed by atoms with Crippen LogP contribution in [0.25, 0.3) is 10.4 Å². The van der Waals surface area contributed by atoms with Crippen molar-refractivity contribution in [3.05, 3.63) is 40.0 Å². The van der Waals surface area contributed by atoms with E-state index in [0.717, 1.165) is 30.2 Å². The first-order valence-corrected chi connectivity index (χ1v) is 12.7. The molecule has 0 bridgehead atoms. The lowest BCUT2D eigenvalue weighted by molar-refractivity contribution is -0.376. The van der Waals surface area contributed by atoms with Crippen LogP contribution in [-0.2, 0) is 5.60 Å². The molecule has 3 rings (SSSR count). The summed E-state index contributed by atoms with van der Waals surface area (Å²) in [6, 6.07) is 1.98. The van der Waals surface area contributed by atoms with E-state index >= 15 is 0 Å². The first kappa shape index (κ1) is 29.9. The third-order valence-electron chi connectivity index (χ3n) is 6.33. The van der Waals surface area contributed by atoms with Crippen molar-refractivity contribution in [1.82, 2.24) is 15.2 Å². The second kappa shape index (κ2) is 10.1. The Kier molecular flexibility index (Phi) is 7.97. The van der Waals surface area contributed by atoms with E-state index in [-0.39, 0.29) is 38.2 Å². The van der Waals surface area contributed by atoms with Crippen molar-refractivity contribution in [3.63, 3.8) is 0 Å². The zero-order chi connectivity index (χ0) is 28.8. The highest BCUT2D eigenvalue weighted by Gasteiger charge is 2.71. The molecule has 1 aromatic heterocycles. The third-order valence-corrected chi connectivity index (χ3v) is 7.41. The molecular weight excluding hydrogens is 536 g/mol. The molecule has 1 saturated heterocycles. The number of nitrogens with one attached hydrogen (secondary N) is 1.